The minimum absolute atomic E-state index is 0.165. The highest BCUT2D eigenvalue weighted by atomic mass is 32.2. The second kappa shape index (κ2) is 5.79. The number of benzene rings is 1. The third kappa shape index (κ3) is 4.01. The van der Waals surface area contributed by atoms with Crippen LogP contribution >= 0.6 is 12.2 Å². The summed E-state index contributed by atoms with van der Waals surface area (Å²) in [5.74, 6) is 0. The number of aryl methyl sites for hydroxylation is 1. The van der Waals surface area contributed by atoms with Crippen molar-refractivity contribution in [3.05, 3.63) is 29.3 Å². The first kappa shape index (κ1) is 17.1. The monoisotopic (exact) mass is 314 g/mol. The van der Waals surface area contributed by atoms with E-state index in [1.54, 1.807) is 19.1 Å². The molecular weight excluding hydrogens is 292 g/mol. The Hall–Kier alpha value is -0.980. The molecule has 3 N–H and O–H groups in total. The summed E-state index contributed by atoms with van der Waals surface area (Å²) in [4.78, 5) is 0.407. The topological polar surface area (TPSA) is 72.2 Å². The molecule has 0 aliphatic heterocycles. The molecule has 0 aliphatic carbocycles. The van der Waals surface area contributed by atoms with Gasteiger partial charge < -0.3 is 5.73 Å². The number of hydrogen-bond donors (Lipinski definition) is 2. The number of nitrogens with two attached hydrogens (primary N) is 1. The van der Waals surface area contributed by atoms with Crippen LogP contribution in [0.25, 0.3) is 0 Å². The van der Waals surface area contributed by atoms with Crippen molar-refractivity contribution in [1.82, 2.24) is 4.72 Å². The average Bonchev–Trinajstić information content (AvgIpc) is 2.26. The van der Waals surface area contributed by atoms with Gasteiger partial charge in [-0.3, -0.25) is 0 Å². The van der Waals surface area contributed by atoms with E-state index in [4.69, 9.17) is 18.0 Å². The van der Waals surface area contributed by atoms with Crippen LogP contribution in [-0.4, -0.2) is 19.4 Å². The normalized spacial score (nSPS) is 14.1. The maximum Gasteiger partial charge on any atom is 0.241 e. The predicted molar refractivity (Wildman–Crippen MR) is 86.3 cm³/mol. The van der Waals surface area contributed by atoms with Gasteiger partial charge in [0.2, 0.25) is 10.0 Å². The van der Waals surface area contributed by atoms with E-state index in [9.17, 15) is 8.42 Å². The van der Waals surface area contributed by atoms with Crippen LogP contribution in [0.3, 0.4) is 0 Å². The van der Waals surface area contributed by atoms with E-state index < -0.39 is 10.0 Å². The molecule has 1 aromatic rings. The molecule has 0 amide bonds. The molecule has 1 rings (SSSR count). The number of hydrogen-bond acceptors (Lipinski definition) is 3. The van der Waals surface area contributed by atoms with Crippen LogP contribution in [0.5, 0.6) is 0 Å². The van der Waals surface area contributed by atoms with Gasteiger partial charge >= 0.3 is 0 Å². The summed E-state index contributed by atoms with van der Waals surface area (Å²) in [5.41, 5.74) is 6.61. The summed E-state index contributed by atoms with van der Waals surface area (Å²) in [7, 11) is -3.59. The molecule has 0 bridgehead atoms. The lowest BCUT2D eigenvalue weighted by atomic mass is 9.89. The fraction of sp³-hybridized carbons (Fsp3) is 0.500. The standard InChI is InChI=1S/C14H22N2O2S2/c1-9-6-7-11(13(15)19)8-12(9)20(17,18)16-10(2)14(3,4)5/h6-8,10,16H,1-5H3,(H2,15,19). The van der Waals surface area contributed by atoms with Gasteiger partial charge in [-0.1, -0.05) is 45.1 Å². The SMILES string of the molecule is Cc1ccc(C(N)=S)cc1S(=O)(=O)NC(C)C(C)(C)C. The minimum Gasteiger partial charge on any atom is -0.389 e. The van der Waals surface area contributed by atoms with Crippen molar-refractivity contribution in [2.24, 2.45) is 11.1 Å². The zero-order valence-electron chi connectivity index (χ0n) is 12.5. The van der Waals surface area contributed by atoms with E-state index in [-0.39, 0.29) is 21.3 Å². The summed E-state index contributed by atoms with van der Waals surface area (Å²) in [6.07, 6.45) is 0. The molecule has 6 heteroatoms. The fourth-order valence-electron chi connectivity index (χ4n) is 1.52. The van der Waals surface area contributed by atoms with Gasteiger partial charge in [0.15, 0.2) is 0 Å². The molecule has 0 saturated carbocycles. The van der Waals surface area contributed by atoms with Crippen LogP contribution in [0.2, 0.25) is 0 Å². The first-order chi connectivity index (χ1) is 8.95. The number of nitrogens with one attached hydrogen (secondary N) is 1. The molecular formula is C14H22N2O2S2. The molecule has 4 nitrogen and oxygen atoms in total. The lowest BCUT2D eigenvalue weighted by molar-refractivity contribution is 0.317. The molecule has 1 atom stereocenters. The predicted octanol–water partition coefficient (Wildman–Crippen LogP) is 2.34. The van der Waals surface area contributed by atoms with Gasteiger partial charge in [-0.2, -0.15) is 0 Å². The number of sulfonamides is 1. The molecule has 112 valence electrons. The zero-order valence-corrected chi connectivity index (χ0v) is 14.2. The Morgan fingerprint density at radius 1 is 1.35 bits per heavy atom. The maximum atomic E-state index is 12.5. The molecule has 0 spiro atoms. The number of rotatable bonds is 4. The van der Waals surface area contributed by atoms with Crippen LogP contribution < -0.4 is 10.5 Å². The van der Waals surface area contributed by atoms with Crippen LogP contribution in [0, 0.1) is 12.3 Å². The Morgan fingerprint density at radius 2 is 1.90 bits per heavy atom. The van der Waals surface area contributed by atoms with Crippen LogP contribution in [0.15, 0.2) is 23.1 Å². The first-order valence-electron chi connectivity index (χ1n) is 6.38. The Labute approximate surface area is 126 Å². The molecule has 0 aromatic heterocycles. The van der Waals surface area contributed by atoms with Gasteiger partial charge in [-0.05, 0) is 30.9 Å². The summed E-state index contributed by atoms with van der Waals surface area (Å²) < 4.78 is 27.7. The highest BCUT2D eigenvalue weighted by Crippen LogP contribution is 2.23. The molecule has 0 heterocycles. The van der Waals surface area contributed by atoms with Gasteiger partial charge in [0.25, 0.3) is 0 Å². The Morgan fingerprint density at radius 3 is 2.35 bits per heavy atom. The first-order valence-corrected chi connectivity index (χ1v) is 8.27. The van der Waals surface area contributed by atoms with E-state index in [0.717, 1.165) is 0 Å². The Balaban J connectivity index is 3.22. The Bertz CT molecular complexity index is 617. The fourth-order valence-corrected chi connectivity index (χ4v) is 3.36. The molecule has 0 radical (unpaired) electrons. The average molecular weight is 314 g/mol. The highest BCUT2D eigenvalue weighted by molar-refractivity contribution is 7.89. The summed E-state index contributed by atoms with van der Waals surface area (Å²) >= 11 is 4.90. The van der Waals surface area contributed by atoms with Gasteiger partial charge in [0.1, 0.15) is 4.99 Å². The van der Waals surface area contributed by atoms with E-state index in [0.29, 0.717) is 11.1 Å². The molecule has 1 unspecified atom stereocenters. The third-order valence-electron chi connectivity index (χ3n) is 3.39. The molecule has 0 aliphatic rings. The molecule has 0 fully saturated rings. The van der Waals surface area contributed by atoms with Crippen LogP contribution in [-0.2, 0) is 10.0 Å². The van der Waals surface area contributed by atoms with Crippen molar-refractivity contribution in [1.29, 1.82) is 0 Å². The Kier molecular flexibility index (Phi) is 4.94. The second-order valence-electron chi connectivity index (χ2n) is 6.05. The van der Waals surface area contributed by atoms with Crippen molar-refractivity contribution < 1.29 is 8.42 Å². The zero-order chi connectivity index (χ0) is 15.7. The quantitative estimate of drug-likeness (QED) is 0.837. The number of thiocarbonyl (C=S) groups is 1. The van der Waals surface area contributed by atoms with Crippen LogP contribution in [0.1, 0.15) is 38.8 Å². The molecule has 0 saturated heterocycles. The van der Waals surface area contributed by atoms with Crippen molar-refractivity contribution in [3.8, 4) is 0 Å². The van der Waals surface area contributed by atoms with Crippen molar-refractivity contribution in [2.75, 3.05) is 0 Å². The minimum atomic E-state index is -3.59. The van der Waals surface area contributed by atoms with Gasteiger partial charge in [0.05, 0.1) is 4.90 Å². The smallest absolute Gasteiger partial charge is 0.241 e. The lowest BCUT2D eigenvalue weighted by Crippen LogP contribution is -2.41. The van der Waals surface area contributed by atoms with Crippen LogP contribution in [0.4, 0.5) is 0 Å². The van der Waals surface area contributed by atoms with Crippen molar-refractivity contribution in [2.45, 2.75) is 45.6 Å². The summed E-state index contributed by atoms with van der Waals surface area (Å²) in [5, 5.41) is 0. The molecule has 20 heavy (non-hydrogen) atoms. The van der Waals surface area contributed by atoms with Crippen molar-refractivity contribution >= 4 is 27.2 Å². The van der Waals surface area contributed by atoms with Gasteiger partial charge in [0, 0.05) is 11.6 Å². The third-order valence-corrected chi connectivity index (χ3v) is 5.31. The van der Waals surface area contributed by atoms with Gasteiger partial charge in [-0.15, -0.1) is 0 Å². The second-order valence-corrected chi connectivity index (χ2v) is 8.18. The van der Waals surface area contributed by atoms with E-state index in [1.165, 1.54) is 6.07 Å². The van der Waals surface area contributed by atoms with Gasteiger partial charge in [-0.25, -0.2) is 13.1 Å². The maximum absolute atomic E-state index is 12.5. The molecule has 1 aromatic carbocycles. The summed E-state index contributed by atoms with van der Waals surface area (Å²) in [6.45, 7) is 9.55. The largest absolute Gasteiger partial charge is 0.389 e. The van der Waals surface area contributed by atoms with Crippen molar-refractivity contribution in [3.63, 3.8) is 0 Å². The highest BCUT2D eigenvalue weighted by Gasteiger charge is 2.27. The van der Waals surface area contributed by atoms with E-state index in [1.807, 2.05) is 27.7 Å². The van der Waals surface area contributed by atoms with E-state index >= 15 is 0 Å². The lowest BCUT2D eigenvalue weighted by Gasteiger charge is -2.28. The van der Waals surface area contributed by atoms with E-state index in [2.05, 4.69) is 4.72 Å². The summed E-state index contributed by atoms with van der Waals surface area (Å²) in [6, 6.07) is 4.77.